The Bertz CT molecular complexity index is 556. The summed E-state index contributed by atoms with van der Waals surface area (Å²) in [4.78, 5) is 15.3. The van der Waals surface area contributed by atoms with Gasteiger partial charge in [-0.15, -0.1) is 0 Å². The fraction of sp³-hybridized carbons (Fsp3) is 0.417. The second-order valence-corrected chi connectivity index (χ2v) is 3.83. The molecule has 0 amide bonds. The molecule has 0 unspecified atom stereocenters. The molecular weight excluding hydrogens is 216 g/mol. The van der Waals surface area contributed by atoms with Crippen molar-refractivity contribution in [2.24, 2.45) is 0 Å². The Labute approximate surface area is 99.7 Å². The van der Waals surface area contributed by atoms with Gasteiger partial charge in [0.15, 0.2) is 0 Å². The molecule has 0 spiro atoms. The average Bonchev–Trinajstić information content (AvgIpc) is 2.74. The molecule has 2 rings (SSSR count). The van der Waals surface area contributed by atoms with E-state index >= 15 is 0 Å². The second kappa shape index (κ2) is 4.95. The molecule has 0 radical (unpaired) electrons. The highest BCUT2D eigenvalue weighted by Gasteiger charge is 2.06. The van der Waals surface area contributed by atoms with E-state index < -0.39 is 0 Å². The van der Waals surface area contributed by atoms with Crippen molar-refractivity contribution in [3.8, 4) is 0 Å². The summed E-state index contributed by atoms with van der Waals surface area (Å²) in [6.07, 6.45) is 4.16. The molecular formula is C12H16N4O. The molecule has 0 bridgehead atoms. The summed E-state index contributed by atoms with van der Waals surface area (Å²) in [5.41, 5.74) is 1.87. The third-order valence-corrected chi connectivity index (χ3v) is 2.69. The Morgan fingerprint density at radius 2 is 2.18 bits per heavy atom. The largest absolute Gasteiger partial charge is 0.347 e. The highest BCUT2D eigenvalue weighted by Crippen LogP contribution is 2.06. The van der Waals surface area contributed by atoms with Crippen molar-refractivity contribution < 1.29 is 0 Å². The Morgan fingerprint density at radius 3 is 2.82 bits per heavy atom. The average molecular weight is 232 g/mol. The fourth-order valence-electron chi connectivity index (χ4n) is 1.77. The lowest BCUT2D eigenvalue weighted by Gasteiger charge is -2.06. The Morgan fingerprint density at radius 1 is 1.35 bits per heavy atom. The van der Waals surface area contributed by atoms with Gasteiger partial charge < -0.3 is 0 Å². The number of hydrogen-bond acceptors (Lipinski definition) is 3. The quantitative estimate of drug-likeness (QED) is 0.792. The zero-order valence-corrected chi connectivity index (χ0v) is 10.1. The number of nitrogens with zero attached hydrogens (tertiary/aromatic N) is 4. The van der Waals surface area contributed by atoms with Crippen molar-refractivity contribution in [2.75, 3.05) is 0 Å². The molecule has 0 saturated carbocycles. The lowest BCUT2D eigenvalue weighted by atomic mass is 10.3. The molecule has 0 fully saturated rings. The van der Waals surface area contributed by atoms with E-state index in [-0.39, 0.29) is 5.69 Å². The smallest absolute Gasteiger partial charge is 0.293 e. The second-order valence-electron chi connectivity index (χ2n) is 3.83. The van der Waals surface area contributed by atoms with Gasteiger partial charge in [0, 0.05) is 18.9 Å². The number of aromatic nitrogens is 4. The third-order valence-electron chi connectivity index (χ3n) is 2.69. The van der Waals surface area contributed by atoms with Crippen molar-refractivity contribution in [1.82, 2.24) is 19.3 Å². The van der Waals surface area contributed by atoms with Crippen molar-refractivity contribution in [3.63, 3.8) is 0 Å². The summed E-state index contributed by atoms with van der Waals surface area (Å²) in [6, 6.07) is 3.80. The molecule has 0 aliphatic heterocycles. The van der Waals surface area contributed by atoms with Gasteiger partial charge in [0.25, 0.3) is 0 Å². The Hall–Kier alpha value is -1.91. The molecule has 2 aromatic rings. The number of aryl methyl sites for hydroxylation is 2. The van der Waals surface area contributed by atoms with Crippen molar-refractivity contribution in [3.05, 3.63) is 46.4 Å². The lowest BCUT2D eigenvalue weighted by molar-refractivity contribution is 0.585. The van der Waals surface area contributed by atoms with Gasteiger partial charge in [0.2, 0.25) is 0 Å². The van der Waals surface area contributed by atoms with E-state index in [1.54, 1.807) is 16.8 Å². The molecule has 0 atom stereocenters. The van der Waals surface area contributed by atoms with Gasteiger partial charge in [0.1, 0.15) is 0 Å². The predicted octanol–water partition coefficient (Wildman–Crippen LogP) is 1.07. The van der Waals surface area contributed by atoms with Crippen LogP contribution in [-0.2, 0) is 19.5 Å². The standard InChI is InChI=1S/C12H16N4O/c1-3-10-8-11(16(4-2)14-10)9-15-7-5-6-13-12(15)17/h5-8H,3-4,9H2,1-2H3. The van der Waals surface area contributed by atoms with Crippen LogP contribution in [0.4, 0.5) is 0 Å². The topological polar surface area (TPSA) is 52.7 Å². The van der Waals surface area contributed by atoms with Crippen LogP contribution in [0.15, 0.2) is 29.3 Å². The first kappa shape index (κ1) is 11.6. The minimum atomic E-state index is -0.227. The van der Waals surface area contributed by atoms with Crippen LogP contribution >= 0.6 is 0 Å². The van der Waals surface area contributed by atoms with Gasteiger partial charge in [-0.1, -0.05) is 6.92 Å². The summed E-state index contributed by atoms with van der Waals surface area (Å²) in [5.74, 6) is 0. The van der Waals surface area contributed by atoms with Gasteiger partial charge in [-0.2, -0.15) is 5.10 Å². The van der Waals surface area contributed by atoms with Gasteiger partial charge in [-0.25, -0.2) is 9.78 Å². The zero-order chi connectivity index (χ0) is 12.3. The van der Waals surface area contributed by atoms with Crippen LogP contribution in [0.25, 0.3) is 0 Å². The maximum absolute atomic E-state index is 11.5. The monoisotopic (exact) mass is 232 g/mol. The maximum atomic E-state index is 11.5. The van der Waals surface area contributed by atoms with E-state index in [0.29, 0.717) is 6.54 Å². The van der Waals surface area contributed by atoms with Crippen molar-refractivity contribution >= 4 is 0 Å². The number of rotatable bonds is 4. The van der Waals surface area contributed by atoms with E-state index in [0.717, 1.165) is 24.4 Å². The van der Waals surface area contributed by atoms with Crippen LogP contribution in [0.3, 0.4) is 0 Å². The fourth-order valence-corrected chi connectivity index (χ4v) is 1.77. The highest BCUT2D eigenvalue weighted by atomic mass is 16.1. The van der Waals surface area contributed by atoms with Gasteiger partial charge >= 0.3 is 5.69 Å². The zero-order valence-electron chi connectivity index (χ0n) is 10.1. The third kappa shape index (κ3) is 2.43. The van der Waals surface area contributed by atoms with Gasteiger partial charge in [-0.3, -0.25) is 9.25 Å². The first-order valence-electron chi connectivity index (χ1n) is 5.81. The molecule has 0 aliphatic carbocycles. The van der Waals surface area contributed by atoms with Crippen LogP contribution in [0, 0.1) is 0 Å². The van der Waals surface area contributed by atoms with E-state index in [2.05, 4.69) is 17.0 Å². The first-order valence-corrected chi connectivity index (χ1v) is 5.81. The predicted molar refractivity (Wildman–Crippen MR) is 64.9 cm³/mol. The SMILES string of the molecule is CCc1cc(Cn2cccnc2=O)n(CC)n1. The molecule has 0 aliphatic rings. The molecule has 5 nitrogen and oxygen atoms in total. The van der Waals surface area contributed by atoms with Crippen molar-refractivity contribution in [2.45, 2.75) is 33.4 Å². The van der Waals surface area contributed by atoms with Crippen molar-refractivity contribution in [1.29, 1.82) is 0 Å². The molecule has 0 saturated heterocycles. The van der Waals surface area contributed by atoms with E-state index in [9.17, 15) is 4.79 Å². The minimum Gasteiger partial charge on any atom is -0.293 e. The van der Waals surface area contributed by atoms with Crippen LogP contribution in [0.1, 0.15) is 25.2 Å². The van der Waals surface area contributed by atoms with Crippen LogP contribution in [-0.4, -0.2) is 19.3 Å². The molecule has 0 aromatic carbocycles. The van der Waals surface area contributed by atoms with Crippen LogP contribution in [0.2, 0.25) is 0 Å². The van der Waals surface area contributed by atoms with Crippen LogP contribution in [0.5, 0.6) is 0 Å². The summed E-state index contributed by atoms with van der Waals surface area (Å²) in [5, 5.41) is 4.45. The summed E-state index contributed by atoms with van der Waals surface area (Å²) in [7, 11) is 0. The van der Waals surface area contributed by atoms with E-state index in [1.165, 1.54) is 6.20 Å². The molecule has 17 heavy (non-hydrogen) atoms. The Balaban J connectivity index is 2.32. The number of hydrogen-bond donors (Lipinski definition) is 0. The van der Waals surface area contributed by atoms with E-state index in [4.69, 9.17) is 0 Å². The molecule has 2 aromatic heterocycles. The maximum Gasteiger partial charge on any atom is 0.347 e. The minimum absolute atomic E-state index is 0.227. The first-order chi connectivity index (χ1) is 8.24. The molecule has 5 heteroatoms. The molecule has 0 N–H and O–H groups in total. The summed E-state index contributed by atoms with van der Waals surface area (Å²) < 4.78 is 3.51. The van der Waals surface area contributed by atoms with Gasteiger partial charge in [-0.05, 0) is 25.5 Å². The summed E-state index contributed by atoms with van der Waals surface area (Å²) in [6.45, 7) is 5.45. The molecule has 2 heterocycles. The normalized spacial score (nSPS) is 10.7. The molecule has 90 valence electrons. The van der Waals surface area contributed by atoms with Gasteiger partial charge in [0.05, 0.1) is 17.9 Å². The lowest BCUT2D eigenvalue weighted by Crippen LogP contribution is -2.23. The van der Waals surface area contributed by atoms with Crippen LogP contribution < -0.4 is 5.69 Å². The summed E-state index contributed by atoms with van der Waals surface area (Å²) >= 11 is 0. The van der Waals surface area contributed by atoms with E-state index in [1.807, 2.05) is 17.7 Å². The highest BCUT2D eigenvalue weighted by molar-refractivity contribution is 5.11. The Kier molecular flexibility index (Phi) is 3.37.